The Hall–Kier alpha value is -0.880. The first kappa shape index (κ1) is 23.3. The van der Waals surface area contributed by atoms with E-state index in [1.54, 1.807) is 0 Å². The lowest BCUT2D eigenvalue weighted by Crippen LogP contribution is -2.73. The second-order valence-corrected chi connectivity index (χ2v) is 9.62. The molecule has 0 spiro atoms. The van der Waals surface area contributed by atoms with E-state index in [1.807, 2.05) is 0 Å². The Labute approximate surface area is 184 Å². The molecule has 31 heavy (non-hydrogen) atoms. The highest BCUT2D eigenvalue weighted by Crippen LogP contribution is 2.26. The van der Waals surface area contributed by atoms with Crippen molar-refractivity contribution in [1.29, 1.82) is 0 Å². The van der Waals surface area contributed by atoms with E-state index < -0.39 is 12.1 Å². The molecule has 9 nitrogen and oxygen atoms in total. The molecule has 178 valence electrons. The van der Waals surface area contributed by atoms with Gasteiger partial charge in [-0.1, -0.05) is 0 Å². The summed E-state index contributed by atoms with van der Waals surface area (Å²) in [6, 6.07) is 0. The van der Waals surface area contributed by atoms with Gasteiger partial charge in [-0.15, -0.1) is 0 Å². The Kier molecular flexibility index (Phi) is 8.50. The van der Waals surface area contributed by atoms with Gasteiger partial charge in [0, 0.05) is 45.7 Å². The van der Waals surface area contributed by atoms with Crippen LogP contribution in [0.25, 0.3) is 0 Å². The lowest BCUT2D eigenvalue weighted by Gasteiger charge is -2.46. The van der Waals surface area contributed by atoms with Crippen molar-refractivity contribution in [2.75, 3.05) is 39.3 Å². The molecule has 10 heteroatoms. The zero-order chi connectivity index (χ0) is 21.6. The number of nitrogens with one attached hydrogen (secondary N) is 6. The number of piperazine rings is 1. The van der Waals surface area contributed by atoms with Crippen molar-refractivity contribution in [2.24, 2.45) is 11.8 Å². The summed E-state index contributed by atoms with van der Waals surface area (Å²) in [6.07, 6.45) is 5.48. The van der Waals surface area contributed by atoms with E-state index >= 15 is 0 Å². The first-order valence-corrected chi connectivity index (χ1v) is 12.1. The summed E-state index contributed by atoms with van der Waals surface area (Å²) in [5.74, 6) is -0.363. The smallest absolute Gasteiger partial charge is 0.306 e. The molecule has 0 aromatic rings. The van der Waals surface area contributed by atoms with Gasteiger partial charge in [-0.3, -0.25) is 36.3 Å². The Bertz CT molecular complexity index is 564. The van der Waals surface area contributed by atoms with Gasteiger partial charge in [0.1, 0.15) is 12.5 Å². The van der Waals surface area contributed by atoms with Crippen molar-refractivity contribution in [3.63, 3.8) is 0 Å². The lowest BCUT2D eigenvalue weighted by molar-refractivity contribution is -0.143. The van der Waals surface area contributed by atoms with Crippen molar-refractivity contribution in [3.8, 4) is 0 Å². The summed E-state index contributed by atoms with van der Waals surface area (Å²) >= 11 is 0. The molecule has 3 saturated heterocycles. The maximum Gasteiger partial charge on any atom is 0.306 e. The van der Waals surface area contributed by atoms with Gasteiger partial charge >= 0.3 is 5.97 Å². The van der Waals surface area contributed by atoms with Crippen LogP contribution in [0.3, 0.4) is 0 Å². The normalized spacial score (nSPS) is 38.7. The van der Waals surface area contributed by atoms with Gasteiger partial charge in [0.2, 0.25) is 0 Å². The monoisotopic (exact) mass is 441 g/mol. The van der Waals surface area contributed by atoms with Crippen LogP contribution in [0.1, 0.15) is 44.9 Å². The number of piperidine rings is 1. The molecule has 1 saturated carbocycles. The minimum absolute atomic E-state index is 0.0342. The van der Waals surface area contributed by atoms with E-state index in [-0.39, 0.29) is 30.7 Å². The molecule has 0 aromatic carbocycles. The molecule has 4 unspecified atom stereocenters. The average Bonchev–Trinajstić information content (AvgIpc) is 2.79. The molecule has 0 amide bonds. The summed E-state index contributed by atoms with van der Waals surface area (Å²) in [5, 5.41) is 30.9. The Morgan fingerprint density at radius 1 is 1.03 bits per heavy atom. The predicted octanol–water partition coefficient (Wildman–Crippen LogP) is -0.472. The van der Waals surface area contributed by atoms with Gasteiger partial charge in [-0.2, -0.15) is 0 Å². The highest BCUT2D eigenvalue weighted by atomic mass is 19.1. The van der Waals surface area contributed by atoms with Crippen LogP contribution >= 0.6 is 0 Å². The predicted molar refractivity (Wildman–Crippen MR) is 117 cm³/mol. The molecule has 3 aliphatic heterocycles. The number of rotatable bonds is 7. The molecular weight excluding hydrogens is 401 g/mol. The summed E-state index contributed by atoms with van der Waals surface area (Å²) in [7, 11) is 0. The van der Waals surface area contributed by atoms with Crippen LogP contribution in [0.5, 0.6) is 0 Å². The van der Waals surface area contributed by atoms with E-state index in [9.17, 15) is 14.3 Å². The van der Waals surface area contributed by atoms with Crippen LogP contribution in [0.4, 0.5) is 4.39 Å². The second-order valence-electron chi connectivity index (χ2n) is 9.62. The third-order valence-electron chi connectivity index (χ3n) is 7.34. The number of carboxylic acids is 1. The second kappa shape index (κ2) is 11.3. The van der Waals surface area contributed by atoms with E-state index in [2.05, 4.69) is 36.8 Å². The molecule has 0 aromatic heterocycles. The number of halogens is 1. The zero-order valence-electron chi connectivity index (χ0n) is 18.4. The molecule has 1 aliphatic carbocycles. The standard InChI is InChI=1S/C21H40FN7O2/c22-16-3-1-14(2-4-16)12-25-21-27-17(26-18-13-23-7-8-24-18)11-19(28-21)29-9-5-15(6-10-29)20(30)31/h14-19,21,23-28H,1-13H2,(H,30,31). The third-order valence-corrected chi connectivity index (χ3v) is 7.34. The van der Waals surface area contributed by atoms with E-state index in [0.717, 1.165) is 58.5 Å². The summed E-state index contributed by atoms with van der Waals surface area (Å²) in [4.78, 5) is 13.7. The SMILES string of the molecule is O=C(O)C1CCN(C2CC(NC3CNCCN3)NC(NCC3CCC(F)CC3)N2)CC1. The van der Waals surface area contributed by atoms with Crippen molar-refractivity contribution < 1.29 is 14.3 Å². The number of hydrogen-bond donors (Lipinski definition) is 7. The highest BCUT2D eigenvalue weighted by molar-refractivity contribution is 5.70. The topological polar surface area (TPSA) is 113 Å². The first-order chi connectivity index (χ1) is 15.1. The van der Waals surface area contributed by atoms with E-state index in [0.29, 0.717) is 31.6 Å². The van der Waals surface area contributed by atoms with Crippen LogP contribution < -0.4 is 31.9 Å². The average molecular weight is 442 g/mol. The fourth-order valence-corrected chi connectivity index (χ4v) is 5.37. The molecule has 4 rings (SSSR count). The Morgan fingerprint density at radius 2 is 1.81 bits per heavy atom. The molecule has 3 heterocycles. The third kappa shape index (κ3) is 6.80. The maximum atomic E-state index is 13.5. The molecular formula is C21H40FN7O2. The number of carboxylic acid groups (broad SMARTS) is 1. The highest BCUT2D eigenvalue weighted by Gasteiger charge is 2.35. The number of alkyl halides is 1. The number of aliphatic carboxylic acids is 1. The summed E-state index contributed by atoms with van der Waals surface area (Å²) < 4.78 is 13.5. The number of likely N-dealkylation sites (tertiary alicyclic amines) is 1. The van der Waals surface area contributed by atoms with E-state index in [4.69, 9.17) is 0 Å². The minimum Gasteiger partial charge on any atom is -0.481 e. The summed E-state index contributed by atoms with van der Waals surface area (Å²) in [6.45, 7) is 5.32. The number of nitrogens with zero attached hydrogens (tertiary/aromatic N) is 1. The molecule has 4 aliphatic rings. The maximum absolute atomic E-state index is 13.5. The minimum atomic E-state index is -0.670. The molecule has 0 radical (unpaired) electrons. The van der Waals surface area contributed by atoms with Gasteiger partial charge in [0.25, 0.3) is 0 Å². The Morgan fingerprint density at radius 3 is 2.48 bits per heavy atom. The van der Waals surface area contributed by atoms with E-state index in [1.165, 1.54) is 0 Å². The molecule has 4 atom stereocenters. The van der Waals surface area contributed by atoms with Crippen LogP contribution in [0, 0.1) is 11.8 Å². The number of hydrogen-bond acceptors (Lipinski definition) is 8. The van der Waals surface area contributed by atoms with Crippen molar-refractivity contribution in [2.45, 2.75) is 75.9 Å². The van der Waals surface area contributed by atoms with Gasteiger partial charge in [-0.25, -0.2) is 4.39 Å². The molecule has 4 fully saturated rings. The Balaban J connectivity index is 1.32. The van der Waals surface area contributed by atoms with Crippen LogP contribution in [0.15, 0.2) is 0 Å². The van der Waals surface area contributed by atoms with Crippen molar-refractivity contribution >= 4 is 5.97 Å². The fourth-order valence-electron chi connectivity index (χ4n) is 5.37. The summed E-state index contributed by atoms with van der Waals surface area (Å²) in [5.41, 5.74) is 0. The lowest BCUT2D eigenvalue weighted by atomic mass is 9.88. The van der Waals surface area contributed by atoms with Crippen LogP contribution in [-0.4, -0.2) is 86.2 Å². The van der Waals surface area contributed by atoms with Gasteiger partial charge in [0.15, 0.2) is 0 Å². The van der Waals surface area contributed by atoms with Gasteiger partial charge in [0.05, 0.1) is 24.4 Å². The quantitative estimate of drug-likeness (QED) is 0.282. The zero-order valence-corrected chi connectivity index (χ0v) is 18.4. The first-order valence-electron chi connectivity index (χ1n) is 12.1. The molecule has 0 bridgehead atoms. The van der Waals surface area contributed by atoms with Crippen molar-refractivity contribution in [3.05, 3.63) is 0 Å². The van der Waals surface area contributed by atoms with Gasteiger partial charge in [-0.05, 0) is 44.4 Å². The largest absolute Gasteiger partial charge is 0.481 e. The number of carbonyl (C=O) groups is 1. The van der Waals surface area contributed by atoms with Crippen molar-refractivity contribution in [1.82, 2.24) is 36.8 Å². The van der Waals surface area contributed by atoms with Crippen LogP contribution in [0.2, 0.25) is 0 Å². The fraction of sp³-hybridized carbons (Fsp3) is 0.952. The molecule has 7 N–H and O–H groups in total. The van der Waals surface area contributed by atoms with Gasteiger partial charge < -0.3 is 10.4 Å². The van der Waals surface area contributed by atoms with Crippen LogP contribution in [-0.2, 0) is 4.79 Å².